The van der Waals surface area contributed by atoms with Crippen LogP contribution < -0.4 is 9.47 Å². The molecule has 0 heterocycles. The highest BCUT2D eigenvalue weighted by molar-refractivity contribution is 7.99. The quantitative estimate of drug-likeness (QED) is 0.0813. The number of benzene rings is 4. The van der Waals surface area contributed by atoms with E-state index in [0.29, 0.717) is 57.8 Å². The van der Waals surface area contributed by atoms with Crippen LogP contribution in [0.5, 0.6) is 11.5 Å². The van der Waals surface area contributed by atoms with Crippen molar-refractivity contribution in [2.45, 2.75) is 85.8 Å². The largest absolute Gasteiger partial charge is 0.493 e. The SMILES string of the molecule is CCCC(C)CCC(=O)Oc1ccc(Sc2cccc3c2C(=O)c2cccc(Sc4ccc(OCC(CC)CC)cc4)c2C3=O)cc1. The summed E-state index contributed by atoms with van der Waals surface area (Å²) in [7, 11) is 0. The van der Waals surface area contributed by atoms with Crippen molar-refractivity contribution >= 4 is 41.1 Å². The summed E-state index contributed by atoms with van der Waals surface area (Å²) in [6.45, 7) is 9.36. The van der Waals surface area contributed by atoms with Crippen molar-refractivity contribution in [2.24, 2.45) is 11.8 Å². The zero-order valence-corrected chi connectivity index (χ0v) is 29.2. The Kier molecular flexibility index (Phi) is 12.0. The molecular weight excluding hydrogens is 625 g/mol. The second-order valence-electron chi connectivity index (χ2n) is 12.1. The maximum atomic E-state index is 14.0. The summed E-state index contributed by atoms with van der Waals surface area (Å²) >= 11 is 2.89. The van der Waals surface area contributed by atoms with Crippen molar-refractivity contribution in [3.05, 3.63) is 107 Å². The maximum Gasteiger partial charge on any atom is 0.311 e. The molecule has 0 aromatic heterocycles. The Bertz CT molecular complexity index is 1710. The van der Waals surface area contributed by atoms with Crippen LogP contribution in [-0.4, -0.2) is 24.1 Å². The standard InChI is InChI=1S/C40H42O5S2/c1-5-10-26(4)15-24-36(41)45-29-18-22-31(23-19-29)47-35-14-9-12-33-38(35)40(43)32-11-8-13-34(37(32)39(33)42)46-30-20-16-28(17-21-30)44-25-27(6-2)7-3/h8-9,11-14,16-23,26-27H,5-7,10,15,24-25H2,1-4H3. The van der Waals surface area contributed by atoms with Crippen molar-refractivity contribution in [1.82, 2.24) is 0 Å². The molecule has 0 radical (unpaired) electrons. The topological polar surface area (TPSA) is 69.7 Å². The van der Waals surface area contributed by atoms with Gasteiger partial charge in [-0.2, -0.15) is 0 Å². The van der Waals surface area contributed by atoms with Crippen LogP contribution in [0, 0.1) is 11.8 Å². The van der Waals surface area contributed by atoms with E-state index in [1.54, 1.807) is 24.3 Å². The van der Waals surface area contributed by atoms with Crippen LogP contribution in [0.1, 0.15) is 98.1 Å². The fourth-order valence-corrected chi connectivity index (χ4v) is 7.66. The van der Waals surface area contributed by atoms with Crippen LogP contribution in [0.15, 0.2) is 105 Å². The minimum atomic E-state index is -0.232. The molecule has 0 aliphatic heterocycles. The Labute approximate surface area is 286 Å². The van der Waals surface area contributed by atoms with Crippen LogP contribution in [0.3, 0.4) is 0 Å². The molecule has 244 valence electrons. The average Bonchev–Trinajstić information content (AvgIpc) is 3.08. The third kappa shape index (κ3) is 8.57. The molecule has 1 atom stereocenters. The smallest absolute Gasteiger partial charge is 0.311 e. The van der Waals surface area contributed by atoms with Gasteiger partial charge in [-0.05, 0) is 78.9 Å². The first-order valence-corrected chi connectivity index (χ1v) is 18.2. The van der Waals surface area contributed by atoms with E-state index in [1.807, 2.05) is 60.7 Å². The van der Waals surface area contributed by atoms with Gasteiger partial charge in [0.05, 0.1) is 6.61 Å². The van der Waals surface area contributed by atoms with Gasteiger partial charge in [0, 0.05) is 48.3 Å². The third-order valence-electron chi connectivity index (χ3n) is 8.59. The molecular formula is C40H42O5S2. The van der Waals surface area contributed by atoms with Gasteiger partial charge in [0.25, 0.3) is 0 Å². The number of hydrogen-bond acceptors (Lipinski definition) is 7. The van der Waals surface area contributed by atoms with Crippen LogP contribution >= 0.6 is 23.5 Å². The normalized spacial score (nSPS) is 12.9. The van der Waals surface area contributed by atoms with Gasteiger partial charge in [-0.15, -0.1) is 0 Å². The molecule has 0 spiro atoms. The van der Waals surface area contributed by atoms with Crippen LogP contribution in [0.25, 0.3) is 0 Å². The highest BCUT2D eigenvalue weighted by Gasteiger charge is 2.33. The Morgan fingerprint density at radius 1 is 0.681 bits per heavy atom. The monoisotopic (exact) mass is 666 g/mol. The van der Waals surface area contributed by atoms with E-state index >= 15 is 0 Å². The molecule has 4 aromatic rings. The second kappa shape index (κ2) is 16.3. The van der Waals surface area contributed by atoms with Crippen molar-refractivity contribution in [2.75, 3.05) is 6.61 Å². The van der Waals surface area contributed by atoms with E-state index in [9.17, 15) is 14.4 Å². The fraction of sp³-hybridized carbons (Fsp3) is 0.325. The van der Waals surface area contributed by atoms with Gasteiger partial charge in [-0.1, -0.05) is 101 Å². The molecule has 5 rings (SSSR count). The molecule has 1 unspecified atom stereocenters. The lowest BCUT2D eigenvalue weighted by Gasteiger charge is -2.22. The number of hydrogen-bond donors (Lipinski definition) is 0. The molecule has 5 nitrogen and oxygen atoms in total. The Balaban J connectivity index is 1.29. The maximum absolute atomic E-state index is 14.0. The van der Waals surface area contributed by atoms with Gasteiger partial charge in [0.1, 0.15) is 11.5 Å². The number of rotatable bonds is 15. The first-order valence-electron chi connectivity index (χ1n) is 16.6. The molecule has 4 aromatic carbocycles. The number of ketones is 2. The van der Waals surface area contributed by atoms with Gasteiger partial charge < -0.3 is 9.47 Å². The van der Waals surface area contributed by atoms with Gasteiger partial charge in [0.2, 0.25) is 0 Å². The van der Waals surface area contributed by atoms with E-state index in [-0.39, 0.29) is 17.5 Å². The molecule has 7 heteroatoms. The predicted molar refractivity (Wildman–Crippen MR) is 189 cm³/mol. The summed E-state index contributed by atoms with van der Waals surface area (Å²) in [5.74, 6) is 1.81. The van der Waals surface area contributed by atoms with Crippen LogP contribution in [-0.2, 0) is 4.79 Å². The van der Waals surface area contributed by atoms with Crippen molar-refractivity contribution in [3.63, 3.8) is 0 Å². The lowest BCUT2D eigenvalue weighted by molar-refractivity contribution is -0.134. The summed E-state index contributed by atoms with van der Waals surface area (Å²) in [6.07, 6.45) is 5.60. The van der Waals surface area contributed by atoms with Gasteiger partial charge in [-0.3, -0.25) is 14.4 Å². The Hall–Kier alpha value is -3.81. The van der Waals surface area contributed by atoms with Crippen molar-refractivity contribution < 1.29 is 23.9 Å². The highest BCUT2D eigenvalue weighted by atomic mass is 32.2. The fourth-order valence-electron chi connectivity index (χ4n) is 5.70. The van der Waals surface area contributed by atoms with Crippen molar-refractivity contribution in [1.29, 1.82) is 0 Å². The van der Waals surface area contributed by atoms with E-state index in [0.717, 1.165) is 52.5 Å². The average molecular weight is 667 g/mol. The number of esters is 1. The summed E-state index contributed by atoms with van der Waals surface area (Å²) in [5, 5.41) is 0. The number of ether oxygens (including phenoxy) is 2. The highest BCUT2D eigenvalue weighted by Crippen LogP contribution is 2.41. The second-order valence-corrected chi connectivity index (χ2v) is 14.3. The van der Waals surface area contributed by atoms with Crippen LogP contribution in [0.2, 0.25) is 0 Å². The lowest BCUT2D eigenvalue weighted by atomic mass is 9.84. The summed E-state index contributed by atoms with van der Waals surface area (Å²) in [5.41, 5.74) is 1.70. The summed E-state index contributed by atoms with van der Waals surface area (Å²) in [4.78, 5) is 43.6. The van der Waals surface area contributed by atoms with Gasteiger partial charge in [-0.25, -0.2) is 0 Å². The van der Waals surface area contributed by atoms with E-state index < -0.39 is 0 Å². The molecule has 0 bridgehead atoms. The number of carbonyl (C=O) groups is 3. The molecule has 47 heavy (non-hydrogen) atoms. The zero-order valence-electron chi connectivity index (χ0n) is 27.5. The Morgan fingerprint density at radius 3 is 1.68 bits per heavy atom. The molecule has 1 aliphatic carbocycles. The van der Waals surface area contributed by atoms with Crippen LogP contribution in [0.4, 0.5) is 0 Å². The minimum Gasteiger partial charge on any atom is -0.493 e. The third-order valence-corrected chi connectivity index (χ3v) is 10.7. The minimum absolute atomic E-state index is 0.152. The molecule has 0 amide bonds. The summed E-state index contributed by atoms with van der Waals surface area (Å²) < 4.78 is 11.5. The summed E-state index contributed by atoms with van der Waals surface area (Å²) in [6, 6.07) is 26.1. The van der Waals surface area contributed by atoms with E-state index in [2.05, 4.69) is 27.7 Å². The Morgan fingerprint density at radius 2 is 1.19 bits per heavy atom. The van der Waals surface area contributed by atoms with Crippen molar-refractivity contribution in [3.8, 4) is 11.5 Å². The van der Waals surface area contributed by atoms with E-state index in [4.69, 9.17) is 9.47 Å². The number of carbonyl (C=O) groups excluding carboxylic acids is 3. The number of fused-ring (bicyclic) bond motifs is 2. The van der Waals surface area contributed by atoms with Gasteiger partial charge in [0.15, 0.2) is 11.6 Å². The lowest BCUT2D eigenvalue weighted by Crippen LogP contribution is -2.22. The first-order chi connectivity index (χ1) is 22.8. The first kappa shape index (κ1) is 34.5. The molecule has 0 saturated carbocycles. The van der Waals surface area contributed by atoms with E-state index in [1.165, 1.54) is 23.5 Å². The van der Waals surface area contributed by atoms with Gasteiger partial charge >= 0.3 is 5.97 Å². The molecule has 0 fully saturated rings. The predicted octanol–water partition coefficient (Wildman–Crippen LogP) is 10.7. The molecule has 1 aliphatic rings. The molecule has 0 saturated heterocycles. The zero-order chi connectivity index (χ0) is 33.3. The molecule has 0 N–H and O–H groups in total.